The Hall–Kier alpha value is -3.14. The first-order valence-corrected chi connectivity index (χ1v) is 12.3. The molecule has 10 heteroatoms. The second-order valence-corrected chi connectivity index (χ2v) is 8.65. The van der Waals surface area contributed by atoms with Gasteiger partial charge >= 0.3 is 6.61 Å². The van der Waals surface area contributed by atoms with E-state index in [-0.39, 0.29) is 49.3 Å². The summed E-state index contributed by atoms with van der Waals surface area (Å²) in [5.74, 6) is -0.428. The first-order valence-electron chi connectivity index (χ1n) is 10.9. The lowest BCUT2D eigenvalue weighted by atomic mass is 10.1. The van der Waals surface area contributed by atoms with E-state index in [0.29, 0.717) is 17.7 Å². The molecule has 0 unspecified atom stereocenters. The van der Waals surface area contributed by atoms with Gasteiger partial charge in [-0.2, -0.15) is 20.5 Å². The zero-order chi connectivity index (χ0) is 24.5. The number of nitrogens with zero attached hydrogens (tertiary/aromatic N) is 2. The Morgan fingerprint density at radius 3 is 2.24 bits per heavy atom. The molecule has 3 amide bonds. The van der Waals surface area contributed by atoms with E-state index in [1.54, 1.807) is 47.0 Å². The maximum Gasteiger partial charge on any atom is 0.387 e. The van der Waals surface area contributed by atoms with Crippen LogP contribution in [-0.2, 0) is 4.79 Å². The quantitative estimate of drug-likeness (QED) is 0.583. The lowest BCUT2D eigenvalue weighted by molar-refractivity contribution is -0.134. The number of carbonyl (C=O) groups is 3. The lowest BCUT2D eigenvalue weighted by Gasteiger charge is -2.36. The van der Waals surface area contributed by atoms with Gasteiger partial charge in [0.05, 0.1) is 5.56 Å². The molecule has 1 aliphatic rings. The molecule has 1 aliphatic heterocycles. The zero-order valence-corrected chi connectivity index (χ0v) is 19.6. The molecule has 1 fully saturated rings. The highest BCUT2D eigenvalue weighted by Gasteiger charge is 2.31. The van der Waals surface area contributed by atoms with E-state index in [1.807, 2.05) is 12.3 Å². The van der Waals surface area contributed by atoms with Crippen LogP contribution in [0.3, 0.4) is 0 Å². The van der Waals surface area contributed by atoms with Crippen LogP contribution in [0.4, 0.5) is 8.78 Å². The van der Waals surface area contributed by atoms with Gasteiger partial charge in [-0.1, -0.05) is 30.3 Å². The fourth-order valence-corrected chi connectivity index (χ4v) is 4.16. The van der Waals surface area contributed by atoms with E-state index in [1.165, 1.54) is 23.1 Å². The van der Waals surface area contributed by atoms with Gasteiger partial charge in [-0.15, -0.1) is 0 Å². The standard InChI is InChI=1S/C24H27F2N3O4S/c1-34-16-11-19(27-21(30)17-7-3-2-4-8-17)23(32)29-14-12-28(13-15-29)22(31)18-9-5-6-10-20(18)33-24(25)26/h2-10,19,24H,11-16H2,1H3,(H,27,30)/t19-/m1/s1. The summed E-state index contributed by atoms with van der Waals surface area (Å²) in [6, 6.07) is 13.9. The van der Waals surface area contributed by atoms with Crippen molar-refractivity contribution >= 4 is 29.5 Å². The molecule has 0 radical (unpaired) electrons. The minimum atomic E-state index is -3.03. The van der Waals surface area contributed by atoms with Crippen LogP contribution in [-0.4, -0.2) is 78.4 Å². The number of alkyl halides is 2. The lowest BCUT2D eigenvalue weighted by Crippen LogP contribution is -2.56. The summed E-state index contributed by atoms with van der Waals surface area (Å²) in [4.78, 5) is 41.8. The number of hydrogen-bond acceptors (Lipinski definition) is 5. The predicted octanol–water partition coefficient (Wildman–Crippen LogP) is 3.12. The van der Waals surface area contributed by atoms with Crippen LogP contribution in [0, 0.1) is 0 Å². The summed E-state index contributed by atoms with van der Waals surface area (Å²) in [6.07, 6.45) is 2.41. The predicted molar refractivity (Wildman–Crippen MR) is 126 cm³/mol. The molecule has 34 heavy (non-hydrogen) atoms. The van der Waals surface area contributed by atoms with Crippen molar-refractivity contribution in [1.82, 2.24) is 15.1 Å². The van der Waals surface area contributed by atoms with Gasteiger partial charge in [0, 0.05) is 31.7 Å². The van der Waals surface area contributed by atoms with Crippen molar-refractivity contribution in [2.45, 2.75) is 19.1 Å². The SMILES string of the molecule is CSCC[C@@H](NC(=O)c1ccccc1)C(=O)N1CCN(C(=O)c2ccccc2OC(F)F)CC1. The minimum Gasteiger partial charge on any atom is -0.434 e. The molecule has 0 aliphatic carbocycles. The summed E-state index contributed by atoms with van der Waals surface area (Å²) in [6.45, 7) is -1.99. The monoisotopic (exact) mass is 491 g/mol. The molecule has 1 atom stereocenters. The van der Waals surface area contributed by atoms with E-state index in [9.17, 15) is 23.2 Å². The molecule has 1 saturated heterocycles. The third-order valence-corrected chi connectivity index (χ3v) is 6.11. The van der Waals surface area contributed by atoms with Crippen molar-refractivity contribution < 1.29 is 27.9 Å². The molecule has 0 aromatic heterocycles. The molecular weight excluding hydrogens is 464 g/mol. The highest BCUT2D eigenvalue weighted by Crippen LogP contribution is 2.22. The third-order valence-electron chi connectivity index (χ3n) is 5.46. The number of hydrogen-bond donors (Lipinski definition) is 1. The van der Waals surface area contributed by atoms with Crippen LogP contribution in [0.25, 0.3) is 0 Å². The maximum atomic E-state index is 13.2. The number of nitrogens with one attached hydrogen (secondary N) is 1. The summed E-state index contributed by atoms with van der Waals surface area (Å²) in [5, 5.41) is 2.84. The normalized spacial score (nSPS) is 14.6. The van der Waals surface area contributed by atoms with E-state index in [0.717, 1.165) is 0 Å². The molecule has 0 spiro atoms. The van der Waals surface area contributed by atoms with Gasteiger partial charge in [-0.3, -0.25) is 14.4 Å². The number of para-hydroxylation sites is 1. The fourth-order valence-electron chi connectivity index (χ4n) is 3.69. The molecule has 3 rings (SSSR count). The highest BCUT2D eigenvalue weighted by molar-refractivity contribution is 7.98. The highest BCUT2D eigenvalue weighted by atomic mass is 32.2. The van der Waals surface area contributed by atoms with Crippen molar-refractivity contribution in [3.8, 4) is 5.75 Å². The van der Waals surface area contributed by atoms with Crippen molar-refractivity contribution in [1.29, 1.82) is 0 Å². The number of rotatable bonds is 9. The molecular formula is C24H27F2N3O4S. The largest absolute Gasteiger partial charge is 0.434 e. The van der Waals surface area contributed by atoms with Gasteiger partial charge in [0.2, 0.25) is 5.91 Å². The van der Waals surface area contributed by atoms with Gasteiger partial charge in [0.25, 0.3) is 11.8 Å². The molecule has 2 aromatic carbocycles. The van der Waals surface area contributed by atoms with E-state index in [4.69, 9.17) is 0 Å². The van der Waals surface area contributed by atoms with E-state index in [2.05, 4.69) is 10.1 Å². The number of amides is 3. The van der Waals surface area contributed by atoms with Crippen LogP contribution < -0.4 is 10.1 Å². The summed E-state index contributed by atoms with van der Waals surface area (Å²) in [5.41, 5.74) is 0.528. The Morgan fingerprint density at radius 2 is 1.59 bits per heavy atom. The second-order valence-electron chi connectivity index (χ2n) is 7.67. The van der Waals surface area contributed by atoms with E-state index < -0.39 is 18.6 Å². The summed E-state index contributed by atoms with van der Waals surface area (Å²) in [7, 11) is 0. The average Bonchev–Trinajstić information content (AvgIpc) is 2.86. The summed E-state index contributed by atoms with van der Waals surface area (Å²) < 4.78 is 29.8. The first kappa shape index (κ1) is 25.5. The molecule has 0 bridgehead atoms. The molecule has 1 heterocycles. The fraction of sp³-hybridized carbons (Fsp3) is 0.375. The van der Waals surface area contributed by atoms with Crippen molar-refractivity contribution in [3.63, 3.8) is 0 Å². The van der Waals surface area contributed by atoms with E-state index >= 15 is 0 Å². The Morgan fingerprint density at radius 1 is 0.971 bits per heavy atom. The Bertz CT molecular complexity index is 985. The second kappa shape index (κ2) is 12.4. The van der Waals surface area contributed by atoms with Gasteiger partial charge in [-0.05, 0) is 42.7 Å². The minimum absolute atomic E-state index is 0.0514. The number of benzene rings is 2. The number of thioether (sulfide) groups is 1. The maximum absolute atomic E-state index is 13.2. The Balaban J connectivity index is 1.62. The molecule has 182 valence electrons. The number of piperazine rings is 1. The van der Waals surface area contributed by atoms with Crippen molar-refractivity contribution in [3.05, 3.63) is 65.7 Å². The first-order chi connectivity index (χ1) is 16.4. The van der Waals surface area contributed by atoms with Crippen LogP contribution >= 0.6 is 11.8 Å². The van der Waals surface area contributed by atoms with Gasteiger partial charge < -0.3 is 19.9 Å². The zero-order valence-electron chi connectivity index (χ0n) is 18.8. The van der Waals surface area contributed by atoms with Crippen LogP contribution in [0.5, 0.6) is 5.75 Å². The van der Waals surface area contributed by atoms with Crippen molar-refractivity contribution in [2.75, 3.05) is 38.2 Å². The third kappa shape index (κ3) is 6.69. The summed E-state index contributed by atoms with van der Waals surface area (Å²) >= 11 is 1.58. The molecule has 0 saturated carbocycles. The Labute approximate surface area is 201 Å². The molecule has 7 nitrogen and oxygen atoms in total. The van der Waals surface area contributed by atoms with Crippen LogP contribution in [0.2, 0.25) is 0 Å². The van der Waals surface area contributed by atoms with Gasteiger partial charge in [0.15, 0.2) is 0 Å². The topological polar surface area (TPSA) is 79.0 Å². The number of halogens is 2. The number of ether oxygens (including phenoxy) is 1. The number of carbonyl (C=O) groups excluding carboxylic acids is 3. The Kier molecular flexibility index (Phi) is 9.26. The van der Waals surface area contributed by atoms with Gasteiger partial charge in [-0.25, -0.2) is 0 Å². The molecule has 1 N–H and O–H groups in total. The van der Waals surface area contributed by atoms with Crippen molar-refractivity contribution in [2.24, 2.45) is 0 Å². The van der Waals surface area contributed by atoms with Gasteiger partial charge in [0.1, 0.15) is 11.8 Å². The van der Waals surface area contributed by atoms with Crippen LogP contribution in [0.15, 0.2) is 54.6 Å². The molecule has 2 aromatic rings. The average molecular weight is 492 g/mol. The van der Waals surface area contributed by atoms with Crippen LogP contribution in [0.1, 0.15) is 27.1 Å². The smallest absolute Gasteiger partial charge is 0.387 e.